The van der Waals surface area contributed by atoms with Gasteiger partial charge in [-0.25, -0.2) is 5.10 Å². The number of aromatic amines is 1. The summed E-state index contributed by atoms with van der Waals surface area (Å²) < 4.78 is 0.488. The Balaban J connectivity index is 2.25. The Morgan fingerprint density at radius 3 is 3.12 bits per heavy atom. The molecule has 2 rings (SSSR count). The lowest BCUT2D eigenvalue weighted by molar-refractivity contribution is 0.760. The number of nitrogens with zero attached hydrogens (tertiary/aromatic N) is 1. The molecule has 1 unspecified atom stereocenters. The zero-order chi connectivity index (χ0) is 12.3. The number of anilines is 1. The number of rotatable bonds is 4. The molecular weight excluding hydrogens is 302 g/mol. The maximum atomic E-state index is 11.4. The van der Waals surface area contributed by atoms with E-state index in [4.69, 9.17) is 0 Å². The maximum absolute atomic E-state index is 11.4. The van der Waals surface area contributed by atoms with Crippen molar-refractivity contribution in [2.75, 3.05) is 5.32 Å². The van der Waals surface area contributed by atoms with Crippen molar-refractivity contribution in [2.45, 2.75) is 19.4 Å². The molecule has 0 radical (unpaired) electrons. The highest BCUT2D eigenvalue weighted by atomic mass is 79.9. The molecule has 0 aromatic carbocycles. The van der Waals surface area contributed by atoms with E-state index in [1.165, 1.54) is 4.88 Å². The quantitative estimate of drug-likeness (QED) is 0.911. The molecule has 0 aliphatic carbocycles. The minimum absolute atomic E-state index is 0.204. The topological polar surface area (TPSA) is 57.8 Å². The molecule has 0 spiro atoms. The van der Waals surface area contributed by atoms with Gasteiger partial charge >= 0.3 is 0 Å². The lowest BCUT2D eigenvalue weighted by Gasteiger charge is -2.17. The monoisotopic (exact) mass is 313 g/mol. The van der Waals surface area contributed by atoms with Crippen molar-refractivity contribution in [1.29, 1.82) is 0 Å². The largest absolute Gasteiger partial charge is 0.375 e. The van der Waals surface area contributed by atoms with Gasteiger partial charge in [0.15, 0.2) is 0 Å². The van der Waals surface area contributed by atoms with E-state index in [9.17, 15) is 4.79 Å². The van der Waals surface area contributed by atoms with Crippen LogP contribution in [0.3, 0.4) is 0 Å². The Hall–Kier alpha value is -1.14. The predicted octanol–water partition coefficient (Wildman–Crippen LogP) is 3.16. The summed E-state index contributed by atoms with van der Waals surface area (Å²) in [4.78, 5) is 12.6. The van der Waals surface area contributed by atoms with E-state index in [1.807, 2.05) is 11.4 Å². The maximum Gasteiger partial charge on any atom is 0.280 e. The van der Waals surface area contributed by atoms with E-state index in [0.717, 1.165) is 6.42 Å². The summed E-state index contributed by atoms with van der Waals surface area (Å²) in [7, 11) is 0. The summed E-state index contributed by atoms with van der Waals surface area (Å²) >= 11 is 4.96. The second-order valence-electron chi connectivity index (χ2n) is 3.55. The van der Waals surface area contributed by atoms with Gasteiger partial charge in [-0.3, -0.25) is 4.79 Å². The van der Waals surface area contributed by atoms with Gasteiger partial charge in [0.05, 0.1) is 17.9 Å². The fraction of sp³-hybridized carbons (Fsp3) is 0.273. The second-order valence-corrected chi connectivity index (χ2v) is 5.32. The first-order chi connectivity index (χ1) is 8.22. The van der Waals surface area contributed by atoms with E-state index >= 15 is 0 Å². The van der Waals surface area contributed by atoms with E-state index in [-0.39, 0.29) is 11.6 Å². The fourth-order valence-corrected chi connectivity index (χ4v) is 2.70. The van der Waals surface area contributed by atoms with E-state index in [2.05, 4.69) is 44.4 Å². The van der Waals surface area contributed by atoms with Crippen molar-refractivity contribution in [3.8, 4) is 0 Å². The van der Waals surface area contributed by atoms with Gasteiger partial charge in [0.1, 0.15) is 4.47 Å². The van der Waals surface area contributed by atoms with Crippen LogP contribution in [0.4, 0.5) is 5.69 Å². The minimum Gasteiger partial charge on any atom is -0.375 e. The minimum atomic E-state index is -0.226. The van der Waals surface area contributed by atoms with Crippen molar-refractivity contribution in [2.24, 2.45) is 0 Å². The molecule has 0 saturated carbocycles. The normalized spacial score (nSPS) is 12.4. The highest BCUT2D eigenvalue weighted by Gasteiger charge is 2.13. The van der Waals surface area contributed by atoms with Crippen molar-refractivity contribution in [3.63, 3.8) is 0 Å². The average molecular weight is 314 g/mol. The molecular formula is C11H12BrN3OS. The van der Waals surface area contributed by atoms with Crippen molar-refractivity contribution >= 4 is 33.0 Å². The van der Waals surface area contributed by atoms with Gasteiger partial charge in [-0.2, -0.15) is 5.10 Å². The fourth-order valence-electron chi connectivity index (χ4n) is 1.54. The van der Waals surface area contributed by atoms with E-state index in [1.54, 1.807) is 17.5 Å². The van der Waals surface area contributed by atoms with Crippen LogP contribution in [-0.2, 0) is 0 Å². The molecule has 0 fully saturated rings. The van der Waals surface area contributed by atoms with Crippen LogP contribution in [-0.4, -0.2) is 10.2 Å². The molecule has 2 N–H and O–H groups in total. The first-order valence-electron chi connectivity index (χ1n) is 5.25. The molecule has 2 aromatic rings. The Kier molecular flexibility index (Phi) is 3.96. The molecule has 4 nitrogen and oxygen atoms in total. The van der Waals surface area contributed by atoms with Gasteiger partial charge in [-0.15, -0.1) is 11.3 Å². The van der Waals surface area contributed by atoms with Gasteiger partial charge in [0, 0.05) is 4.88 Å². The van der Waals surface area contributed by atoms with Crippen molar-refractivity contribution in [1.82, 2.24) is 10.2 Å². The summed E-state index contributed by atoms with van der Waals surface area (Å²) in [6.45, 7) is 2.10. The van der Waals surface area contributed by atoms with Crippen LogP contribution in [0.25, 0.3) is 0 Å². The molecule has 0 aliphatic heterocycles. The first kappa shape index (κ1) is 12.3. The van der Waals surface area contributed by atoms with Gasteiger partial charge in [0.2, 0.25) is 0 Å². The van der Waals surface area contributed by atoms with Gasteiger partial charge < -0.3 is 5.32 Å². The Morgan fingerprint density at radius 2 is 2.47 bits per heavy atom. The van der Waals surface area contributed by atoms with E-state index in [0.29, 0.717) is 10.2 Å². The summed E-state index contributed by atoms with van der Waals surface area (Å²) in [6, 6.07) is 4.31. The van der Waals surface area contributed by atoms with E-state index < -0.39 is 0 Å². The van der Waals surface area contributed by atoms with Crippen LogP contribution in [0, 0.1) is 0 Å². The van der Waals surface area contributed by atoms with Crippen LogP contribution in [0.2, 0.25) is 0 Å². The zero-order valence-electron chi connectivity index (χ0n) is 9.24. The SMILES string of the molecule is CCC(Nc1cn[nH]c(=O)c1Br)c1cccs1. The lowest BCUT2D eigenvalue weighted by Crippen LogP contribution is -2.15. The van der Waals surface area contributed by atoms with Crippen molar-refractivity contribution in [3.05, 3.63) is 43.4 Å². The van der Waals surface area contributed by atoms with Crippen LogP contribution < -0.4 is 10.9 Å². The molecule has 0 saturated heterocycles. The first-order valence-corrected chi connectivity index (χ1v) is 6.92. The van der Waals surface area contributed by atoms with Crippen LogP contribution in [0.5, 0.6) is 0 Å². The number of nitrogens with one attached hydrogen (secondary N) is 2. The standard InChI is InChI=1S/C11H12BrN3OS/c1-2-7(9-4-3-5-17-9)14-8-6-13-15-11(16)10(8)12/h3-7H,2H2,1H3,(H2,14,15,16). The smallest absolute Gasteiger partial charge is 0.280 e. The molecule has 2 heterocycles. The zero-order valence-corrected chi connectivity index (χ0v) is 11.6. The number of thiophene rings is 1. The molecule has 0 bridgehead atoms. The molecule has 0 aliphatic rings. The molecule has 90 valence electrons. The number of H-pyrrole nitrogens is 1. The van der Waals surface area contributed by atoms with Crippen LogP contribution in [0.15, 0.2) is 33.0 Å². The summed E-state index contributed by atoms with van der Waals surface area (Å²) in [5.41, 5.74) is 0.491. The molecule has 1 atom stereocenters. The summed E-state index contributed by atoms with van der Waals surface area (Å²) in [6.07, 6.45) is 2.56. The lowest BCUT2D eigenvalue weighted by atomic mass is 10.2. The van der Waals surface area contributed by atoms with Crippen LogP contribution in [0.1, 0.15) is 24.3 Å². The van der Waals surface area contributed by atoms with Crippen LogP contribution >= 0.6 is 27.3 Å². The molecule has 2 aromatic heterocycles. The Labute approximate surface area is 111 Å². The predicted molar refractivity (Wildman–Crippen MR) is 73.5 cm³/mol. The second kappa shape index (κ2) is 5.46. The third kappa shape index (κ3) is 2.76. The molecule has 0 amide bonds. The highest BCUT2D eigenvalue weighted by molar-refractivity contribution is 9.10. The van der Waals surface area contributed by atoms with Gasteiger partial charge in [-0.1, -0.05) is 13.0 Å². The molecule has 17 heavy (non-hydrogen) atoms. The number of hydrogen-bond donors (Lipinski definition) is 2. The number of halogens is 1. The van der Waals surface area contributed by atoms with Gasteiger partial charge in [-0.05, 0) is 33.8 Å². The van der Waals surface area contributed by atoms with Crippen molar-refractivity contribution < 1.29 is 0 Å². The number of aromatic nitrogens is 2. The Bertz CT molecular complexity index is 538. The number of hydrogen-bond acceptors (Lipinski definition) is 4. The summed E-state index contributed by atoms with van der Waals surface area (Å²) in [5, 5.41) is 11.5. The average Bonchev–Trinajstić information content (AvgIpc) is 2.85. The third-order valence-electron chi connectivity index (χ3n) is 2.42. The van der Waals surface area contributed by atoms with Gasteiger partial charge in [0.25, 0.3) is 5.56 Å². The highest BCUT2D eigenvalue weighted by Crippen LogP contribution is 2.27. The third-order valence-corrected chi connectivity index (χ3v) is 4.19. The molecule has 6 heteroatoms. The summed E-state index contributed by atoms with van der Waals surface area (Å²) in [5.74, 6) is 0. The Morgan fingerprint density at radius 1 is 1.65 bits per heavy atom.